The average molecular weight is 210 g/mol. The summed E-state index contributed by atoms with van der Waals surface area (Å²) in [6, 6.07) is 0. The molecule has 5 nitrogen and oxygen atoms in total. The van der Waals surface area contributed by atoms with E-state index in [0.717, 1.165) is 0 Å². The van der Waals surface area contributed by atoms with Crippen LogP contribution in [0.15, 0.2) is 12.2 Å². The average Bonchev–Trinajstić information content (AvgIpc) is 2.43. The molecule has 4 atom stereocenters. The van der Waals surface area contributed by atoms with Crippen molar-refractivity contribution >= 4 is 17.9 Å². The standard InChI is InChI=1S/C10H10O5/c1-4-2-3-5(8(11)12)7-6(4)9(13)15-10(7)14/h2-7H,1H3,(H,11,12)/t4-,5+,6-,7+/m1/s1. The van der Waals surface area contributed by atoms with Gasteiger partial charge in [0.15, 0.2) is 0 Å². The van der Waals surface area contributed by atoms with Crippen molar-refractivity contribution in [3.8, 4) is 0 Å². The number of cyclic esters (lactones) is 2. The number of hydrogen-bond acceptors (Lipinski definition) is 4. The number of fused-ring (bicyclic) bond motifs is 1. The summed E-state index contributed by atoms with van der Waals surface area (Å²) in [4.78, 5) is 33.6. The quantitative estimate of drug-likeness (QED) is 0.380. The van der Waals surface area contributed by atoms with Crippen LogP contribution in [0.3, 0.4) is 0 Å². The van der Waals surface area contributed by atoms with Gasteiger partial charge >= 0.3 is 17.9 Å². The molecule has 0 aromatic rings. The van der Waals surface area contributed by atoms with E-state index in [1.165, 1.54) is 6.08 Å². The van der Waals surface area contributed by atoms with Gasteiger partial charge in [0.2, 0.25) is 0 Å². The number of aliphatic carboxylic acids is 1. The summed E-state index contributed by atoms with van der Waals surface area (Å²) >= 11 is 0. The molecule has 0 aromatic heterocycles. The lowest BCUT2D eigenvalue weighted by atomic mass is 9.72. The molecule has 80 valence electrons. The minimum absolute atomic E-state index is 0.149. The molecule has 0 saturated carbocycles. The van der Waals surface area contributed by atoms with E-state index < -0.39 is 35.7 Å². The van der Waals surface area contributed by atoms with Crippen LogP contribution in [0.5, 0.6) is 0 Å². The Hall–Kier alpha value is -1.65. The first-order chi connectivity index (χ1) is 7.02. The molecule has 1 saturated heterocycles. The zero-order valence-electron chi connectivity index (χ0n) is 8.04. The Labute approximate surface area is 85.7 Å². The summed E-state index contributed by atoms with van der Waals surface area (Å²) in [5.74, 6) is -4.99. The van der Waals surface area contributed by atoms with Crippen LogP contribution in [0.2, 0.25) is 0 Å². The Kier molecular flexibility index (Phi) is 2.10. The fourth-order valence-electron chi connectivity index (χ4n) is 2.21. The van der Waals surface area contributed by atoms with Gasteiger partial charge in [-0.3, -0.25) is 14.4 Å². The van der Waals surface area contributed by atoms with Gasteiger partial charge in [-0.1, -0.05) is 19.1 Å². The lowest BCUT2D eigenvalue weighted by Crippen LogP contribution is -2.36. The Bertz CT molecular complexity index is 370. The summed E-state index contributed by atoms with van der Waals surface area (Å²) in [5, 5.41) is 8.91. The minimum Gasteiger partial charge on any atom is -0.481 e. The number of ether oxygens (including phenoxy) is 1. The number of carbonyl (C=O) groups excluding carboxylic acids is 2. The molecule has 5 heteroatoms. The normalized spacial score (nSPS) is 38.7. The van der Waals surface area contributed by atoms with Crippen molar-refractivity contribution in [2.24, 2.45) is 23.7 Å². The van der Waals surface area contributed by atoms with Crippen molar-refractivity contribution in [1.29, 1.82) is 0 Å². The van der Waals surface area contributed by atoms with Crippen molar-refractivity contribution in [3.05, 3.63) is 12.2 Å². The highest BCUT2D eigenvalue weighted by Gasteiger charge is 2.53. The minimum atomic E-state index is -1.10. The maximum Gasteiger partial charge on any atom is 0.318 e. The zero-order chi connectivity index (χ0) is 11.2. The van der Waals surface area contributed by atoms with Crippen molar-refractivity contribution in [2.75, 3.05) is 0 Å². The third kappa shape index (κ3) is 1.35. The van der Waals surface area contributed by atoms with Gasteiger partial charge in [-0.15, -0.1) is 0 Å². The number of allylic oxidation sites excluding steroid dienone is 1. The van der Waals surface area contributed by atoms with Gasteiger partial charge in [0.05, 0.1) is 17.8 Å². The highest BCUT2D eigenvalue weighted by molar-refractivity contribution is 5.99. The van der Waals surface area contributed by atoms with E-state index in [0.29, 0.717) is 0 Å². The smallest absolute Gasteiger partial charge is 0.318 e. The maximum absolute atomic E-state index is 11.3. The Morgan fingerprint density at radius 1 is 1.27 bits per heavy atom. The van der Waals surface area contributed by atoms with Crippen LogP contribution < -0.4 is 0 Å². The lowest BCUT2D eigenvalue weighted by Gasteiger charge is -2.25. The van der Waals surface area contributed by atoms with E-state index in [9.17, 15) is 14.4 Å². The largest absolute Gasteiger partial charge is 0.481 e. The van der Waals surface area contributed by atoms with Crippen LogP contribution in [0.1, 0.15) is 6.92 Å². The van der Waals surface area contributed by atoms with Gasteiger partial charge in [0, 0.05) is 0 Å². The molecule has 1 aliphatic heterocycles. The molecule has 15 heavy (non-hydrogen) atoms. The van der Waals surface area contributed by atoms with Gasteiger partial charge in [-0.05, 0) is 5.92 Å². The SMILES string of the molecule is C[C@@H]1C=C[C@H](C(=O)O)[C@@H]2C(=O)OC(=O)[C@@H]21. The first kappa shape index (κ1) is 9.89. The number of carbonyl (C=O) groups is 3. The molecular formula is C10H10O5. The topological polar surface area (TPSA) is 80.7 Å². The van der Waals surface area contributed by atoms with Gasteiger partial charge in [-0.2, -0.15) is 0 Å². The van der Waals surface area contributed by atoms with Crippen LogP contribution in [0.25, 0.3) is 0 Å². The molecule has 2 aliphatic rings. The van der Waals surface area contributed by atoms with Gasteiger partial charge in [-0.25, -0.2) is 0 Å². The second kappa shape index (κ2) is 3.18. The third-order valence-corrected chi connectivity index (χ3v) is 2.99. The summed E-state index contributed by atoms with van der Waals surface area (Å²) in [7, 11) is 0. The number of carboxylic acids is 1. The van der Waals surface area contributed by atoms with E-state index in [4.69, 9.17) is 5.11 Å². The van der Waals surface area contributed by atoms with Crippen molar-refractivity contribution in [2.45, 2.75) is 6.92 Å². The van der Waals surface area contributed by atoms with Crippen molar-refractivity contribution in [1.82, 2.24) is 0 Å². The molecule has 2 rings (SSSR count). The number of rotatable bonds is 1. The molecule has 0 radical (unpaired) electrons. The van der Waals surface area contributed by atoms with Crippen molar-refractivity contribution < 1.29 is 24.2 Å². The van der Waals surface area contributed by atoms with Crippen molar-refractivity contribution in [3.63, 3.8) is 0 Å². The summed E-state index contributed by atoms with van der Waals surface area (Å²) < 4.78 is 4.48. The van der Waals surface area contributed by atoms with Crippen LogP contribution in [0, 0.1) is 23.7 Å². The molecule has 0 amide bonds. The fourth-order valence-corrected chi connectivity index (χ4v) is 2.21. The second-order valence-electron chi connectivity index (χ2n) is 3.90. The monoisotopic (exact) mass is 210 g/mol. The molecule has 1 aliphatic carbocycles. The van der Waals surface area contributed by atoms with E-state index in [1.807, 2.05) is 0 Å². The number of carboxylic acid groups (broad SMARTS) is 1. The molecule has 0 spiro atoms. The summed E-state index contributed by atoms with van der Waals surface area (Å²) in [6.07, 6.45) is 3.12. The number of hydrogen-bond donors (Lipinski definition) is 1. The van der Waals surface area contributed by atoms with E-state index in [2.05, 4.69) is 4.74 Å². The Balaban J connectivity index is 2.41. The Morgan fingerprint density at radius 2 is 1.87 bits per heavy atom. The van der Waals surface area contributed by atoms with Gasteiger partial charge in [0.1, 0.15) is 0 Å². The lowest BCUT2D eigenvalue weighted by molar-refractivity contribution is -0.155. The zero-order valence-corrected chi connectivity index (χ0v) is 8.04. The molecule has 1 N–H and O–H groups in total. The Morgan fingerprint density at radius 3 is 2.47 bits per heavy atom. The first-order valence-electron chi connectivity index (χ1n) is 4.69. The van der Waals surface area contributed by atoms with Crippen LogP contribution in [0.4, 0.5) is 0 Å². The van der Waals surface area contributed by atoms with E-state index in [-0.39, 0.29) is 5.92 Å². The third-order valence-electron chi connectivity index (χ3n) is 2.99. The predicted octanol–water partition coefficient (Wildman–Crippen LogP) is 0.209. The molecule has 0 unspecified atom stereocenters. The first-order valence-corrected chi connectivity index (χ1v) is 4.69. The van der Waals surface area contributed by atoms with Gasteiger partial charge in [0.25, 0.3) is 0 Å². The predicted molar refractivity (Wildman–Crippen MR) is 47.5 cm³/mol. The van der Waals surface area contributed by atoms with Crippen LogP contribution in [-0.2, 0) is 19.1 Å². The highest BCUT2D eigenvalue weighted by atomic mass is 16.6. The molecule has 1 fully saturated rings. The maximum atomic E-state index is 11.3. The molecule has 0 bridgehead atoms. The van der Waals surface area contributed by atoms with E-state index in [1.54, 1.807) is 13.0 Å². The van der Waals surface area contributed by atoms with E-state index >= 15 is 0 Å². The molecule has 0 aromatic carbocycles. The van der Waals surface area contributed by atoms with Gasteiger partial charge < -0.3 is 9.84 Å². The summed E-state index contributed by atoms with van der Waals surface area (Å²) in [6.45, 7) is 1.77. The highest BCUT2D eigenvalue weighted by Crippen LogP contribution is 2.40. The summed E-state index contributed by atoms with van der Waals surface area (Å²) in [5.41, 5.74) is 0. The van der Waals surface area contributed by atoms with Crippen LogP contribution >= 0.6 is 0 Å². The fraction of sp³-hybridized carbons (Fsp3) is 0.500. The second-order valence-corrected chi connectivity index (χ2v) is 3.90. The number of esters is 2. The molecular weight excluding hydrogens is 200 g/mol. The molecule has 1 heterocycles. The van der Waals surface area contributed by atoms with Crippen LogP contribution in [-0.4, -0.2) is 23.0 Å².